The lowest BCUT2D eigenvalue weighted by molar-refractivity contribution is -0.303. The molecule has 9 unspecified atom stereocenters. The molecule has 0 spiro atoms. The minimum atomic E-state index is -1.67. The smallest absolute Gasteiger partial charge is 0.249 e. The predicted octanol–water partition coefficient (Wildman–Crippen LogP) is 12.9. The first kappa shape index (κ1) is 67.6. The number of ether oxygens (including phenoxy) is 2. The molecule has 11 nitrogen and oxygen atoms in total. The summed E-state index contributed by atoms with van der Waals surface area (Å²) < 4.78 is 11.1. The van der Waals surface area contributed by atoms with Gasteiger partial charge in [0.05, 0.1) is 25.4 Å². The van der Waals surface area contributed by atoms with Crippen LogP contribution in [0.25, 0.3) is 0 Å². The van der Waals surface area contributed by atoms with Gasteiger partial charge in [-0.05, 0) is 51.4 Å². The summed E-state index contributed by atoms with van der Waals surface area (Å²) in [5, 5.41) is 76.0. The van der Waals surface area contributed by atoms with Gasteiger partial charge in [0.1, 0.15) is 36.6 Å². The maximum Gasteiger partial charge on any atom is 0.249 e. The molecule has 1 amide bonds. The van der Waals surface area contributed by atoms with E-state index >= 15 is 0 Å². The van der Waals surface area contributed by atoms with Gasteiger partial charge in [-0.15, -0.1) is 0 Å². The quantitative estimate of drug-likeness (QED) is 0.0215. The van der Waals surface area contributed by atoms with E-state index in [9.17, 15) is 40.5 Å². The van der Waals surface area contributed by atoms with Crippen LogP contribution >= 0.6 is 0 Å². The van der Waals surface area contributed by atoms with E-state index in [2.05, 4.69) is 43.5 Å². The predicted molar refractivity (Wildman–Crippen MR) is 293 cm³/mol. The summed E-state index contributed by atoms with van der Waals surface area (Å²) in [5.74, 6) is -0.706. The molecule has 9 atom stereocenters. The van der Waals surface area contributed by atoms with Crippen LogP contribution in [0.2, 0.25) is 0 Å². The maximum absolute atomic E-state index is 13.2. The Labute approximate surface area is 435 Å². The molecule has 11 heteroatoms. The zero-order valence-corrected chi connectivity index (χ0v) is 46.0. The highest BCUT2D eigenvalue weighted by Crippen LogP contribution is 2.23. The van der Waals surface area contributed by atoms with E-state index in [0.717, 1.165) is 38.5 Å². The standard InChI is InChI=1S/C60H115NO10/c1-3-5-7-9-11-13-15-17-18-19-20-21-22-23-24-25-26-27-28-29-30-31-32-33-34-36-38-40-42-44-46-48-53(64)59(69)61-51(50-70-60-58(68)57(67)56(66)54(49-62)71-60)55(65)52(63)47-45-43-41-39-37-35-16-14-12-10-8-6-4-2/h14,16,39,41,51-58,60,62-68H,3-13,15,17-38,40,42-50H2,1-2H3,(H,61,69)/b16-14+,41-39+. The van der Waals surface area contributed by atoms with Gasteiger partial charge in [0.25, 0.3) is 0 Å². The Bertz CT molecular complexity index is 1200. The first-order chi connectivity index (χ1) is 34.7. The van der Waals surface area contributed by atoms with Gasteiger partial charge in [0.2, 0.25) is 5.91 Å². The van der Waals surface area contributed by atoms with E-state index in [-0.39, 0.29) is 12.8 Å². The summed E-state index contributed by atoms with van der Waals surface area (Å²) in [5.41, 5.74) is 0. The fourth-order valence-electron chi connectivity index (χ4n) is 9.81. The van der Waals surface area contributed by atoms with Crippen molar-refractivity contribution in [3.05, 3.63) is 24.3 Å². The van der Waals surface area contributed by atoms with E-state index < -0.39 is 74.2 Å². The third-order valence-electron chi connectivity index (χ3n) is 14.7. The van der Waals surface area contributed by atoms with E-state index in [1.807, 2.05) is 0 Å². The largest absolute Gasteiger partial charge is 0.394 e. The number of carbonyl (C=O) groups excluding carboxylic acids is 1. The normalized spacial score (nSPS) is 20.3. The monoisotopic (exact) mass is 1010 g/mol. The number of aliphatic hydroxyl groups excluding tert-OH is 7. The molecule has 1 aliphatic rings. The van der Waals surface area contributed by atoms with Crippen LogP contribution in [0, 0.1) is 0 Å². The lowest BCUT2D eigenvalue weighted by atomic mass is 9.98. The Morgan fingerprint density at radius 1 is 0.479 bits per heavy atom. The average molecular weight is 1010 g/mol. The van der Waals surface area contributed by atoms with Gasteiger partial charge in [0, 0.05) is 0 Å². The molecule has 1 saturated heterocycles. The zero-order chi connectivity index (χ0) is 51.8. The molecule has 0 aromatic rings. The Morgan fingerprint density at radius 2 is 0.845 bits per heavy atom. The molecular formula is C60H115NO10. The molecular weight excluding hydrogens is 895 g/mol. The van der Waals surface area contributed by atoms with Crippen LogP contribution in [0.1, 0.15) is 284 Å². The first-order valence-corrected chi connectivity index (χ1v) is 30.2. The number of hydrogen-bond acceptors (Lipinski definition) is 10. The molecule has 8 N–H and O–H groups in total. The highest BCUT2D eigenvalue weighted by molar-refractivity contribution is 5.80. The summed E-state index contributed by atoms with van der Waals surface area (Å²) in [7, 11) is 0. The van der Waals surface area contributed by atoms with Crippen molar-refractivity contribution >= 4 is 5.91 Å². The second-order valence-corrected chi connectivity index (χ2v) is 21.4. The minimum Gasteiger partial charge on any atom is -0.394 e. The fraction of sp³-hybridized carbons (Fsp3) is 0.917. The van der Waals surface area contributed by atoms with Crippen LogP contribution in [0.5, 0.6) is 0 Å². The lowest BCUT2D eigenvalue weighted by Crippen LogP contribution is -2.60. The number of aliphatic hydroxyl groups is 7. The van der Waals surface area contributed by atoms with Crippen LogP contribution in [0.4, 0.5) is 0 Å². The van der Waals surface area contributed by atoms with E-state index in [1.54, 1.807) is 0 Å². The van der Waals surface area contributed by atoms with Crippen LogP contribution in [0.15, 0.2) is 24.3 Å². The van der Waals surface area contributed by atoms with Crippen molar-refractivity contribution in [1.82, 2.24) is 5.32 Å². The zero-order valence-electron chi connectivity index (χ0n) is 46.0. The summed E-state index contributed by atoms with van der Waals surface area (Å²) in [6, 6.07) is -1.19. The molecule has 1 aliphatic heterocycles. The molecule has 0 radical (unpaired) electrons. The second-order valence-electron chi connectivity index (χ2n) is 21.4. The summed E-state index contributed by atoms with van der Waals surface area (Å²) in [6.07, 6.45) is 48.4. The topological polar surface area (TPSA) is 189 Å². The SMILES string of the molecule is CCCCCC/C=C/CC/C=C/CCCC(O)C(O)C(COC1OC(CO)C(O)C(O)C1O)NC(=O)C(O)CCCCCCCCCCCCCCCCCCCCCCCCCCCCCCCCC. The van der Waals surface area contributed by atoms with Crippen molar-refractivity contribution in [2.45, 2.75) is 339 Å². The van der Waals surface area contributed by atoms with Crippen molar-refractivity contribution in [3.63, 3.8) is 0 Å². The van der Waals surface area contributed by atoms with Crippen LogP contribution in [0.3, 0.4) is 0 Å². The molecule has 0 bridgehead atoms. The molecule has 0 aliphatic carbocycles. The van der Waals surface area contributed by atoms with E-state index in [0.29, 0.717) is 19.3 Å². The van der Waals surface area contributed by atoms with Gasteiger partial charge in [-0.25, -0.2) is 0 Å². The van der Waals surface area contributed by atoms with Gasteiger partial charge in [0.15, 0.2) is 6.29 Å². The van der Waals surface area contributed by atoms with Gasteiger partial charge in [-0.1, -0.05) is 256 Å². The second kappa shape index (κ2) is 49.5. The average Bonchev–Trinajstić information content (AvgIpc) is 3.37. The third-order valence-corrected chi connectivity index (χ3v) is 14.7. The molecule has 0 saturated carbocycles. The number of rotatable bonds is 52. The van der Waals surface area contributed by atoms with E-state index in [1.165, 1.54) is 199 Å². The minimum absolute atomic E-state index is 0.248. The van der Waals surface area contributed by atoms with Crippen molar-refractivity contribution in [1.29, 1.82) is 0 Å². The van der Waals surface area contributed by atoms with Crippen molar-refractivity contribution in [2.75, 3.05) is 13.2 Å². The number of amides is 1. The highest BCUT2D eigenvalue weighted by atomic mass is 16.7. The van der Waals surface area contributed by atoms with Crippen LogP contribution in [-0.4, -0.2) is 110 Å². The van der Waals surface area contributed by atoms with Crippen molar-refractivity contribution in [3.8, 4) is 0 Å². The molecule has 1 heterocycles. The lowest BCUT2D eigenvalue weighted by Gasteiger charge is -2.40. The fourth-order valence-corrected chi connectivity index (χ4v) is 9.81. The Hall–Kier alpha value is -1.41. The van der Waals surface area contributed by atoms with E-state index in [4.69, 9.17) is 9.47 Å². The molecule has 71 heavy (non-hydrogen) atoms. The third kappa shape index (κ3) is 37.9. The van der Waals surface area contributed by atoms with Gasteiger partial charge in [-0.2, -0.15) is 0 Å². The Balaban J connectivity index is 2.19. The van der Waals surface area contributed by atoms with Crippen LogP contribution < -0.4 is 5.32 Å². The summed E-state index contributed by atoms with van der Waals surface area (Å²) in [4.78, 5) is 13.2. The number of unbranched alkanes of at least 4 members (excludes halogenated alkanes) is 36. The van der Waals surface area contributed by atoms with Gasteiger partial charge in [-0.3, -0.25) is 4.79 Å². The Morgan fingerprint density at radius 3 is 1.25 bits per heavy atom. The highest BCUT2D eigenvalue weighted by Gasteiger charge is 2.44. The van der Waals surface area contributed by atoms with Crippen molar-refractivity contribution in [2.24, 2.45) is 0 Å². The van der Waals surface area contributed by atoms with Crippen molar-refractivity contribution < 1.29 is 50.0 Å². The molecule has 0 aromatic carbocycles. The van der Waals surface area contributed by atoms with Gasteiger partial charge < -0.3 is 50.5 Å². The molecule has 0 aromatic heterocycles. The van der Waals surface area contributed by atoms with Gasteiger partial charge >= 0.3 is 0 Å². The molecule has 1 fully saturated rings. The number of nitrogens with one attached hydrogen (secondary N) is 1. The van der Waals surface area contributed by atoms with Crippen LogP contribution in [-0.2, 0) is 14.3 Å². The number of allylic oxidation sites excluding steroid dienone is 4. The summed E-state index contributed by atoms with van der Waals surface area (Å²) >= 11 is 0. The summed E-state index contributed by atoms with van der Waals surface area (Å²) in [6.45, 7) is 3.43. The maximum atomic E-state index is 13.2. The first-order valence-electron chi connectivity index (χ1n) is 30.2. The molecule has 420 valence electrons. The molecule has 1 rings (SSSR count). The number of carbonyl (C=O) groups is 1. The Kier molecular flexibility index (Phi) is 47.1. The number of hydrogen-bond donors (Lipinski definition) is 8.